The van der Waals surface area contributed by atoms with Crippen LogP contribution in [0.25, 0.3) is 11.0 Å². The quantitative estimate of drug-likeness (QED) is 0.804. The number of rotatable bonds is 1. The number of piperidine rings is 3. The Balaban J connectivity index is 1.90. The molecule has 0 saturated carbocycles. The van der Waals surface area contributed by atoms with Crippen molar-refractivity contribution in [3.8, 4) is 0 Å². The van der Waals surface area contributed by atoms with Gasteiger partial charge in [0.25, 0.3) is 0 Å². The second kappa shape index (κ2) is 4.47. The van der Waals surface area contributed by atoms with Crippen LogP contribution >= 0.6 is 0 Å². The molecule has 1 unspecified atom stereocenters. The van der Waals surface area contributed by atoms with E-state index in [4.69, 9.17) is 0 Å². The molecule has 4 heterocycles. The van der Waals surface area contributed by atoms with Crippen molar-refractivity contribution in [1.29, 1.82) is 0 Å². The number of hydrogen-bond donors (Lipinski definition) is 0. The molecule has 5 rings (SSSR count). The molecule has 6 heteroatoms. The second-order valence-electron chi connectivity index (χ2n) is 6.00. The van der Waals surface area contributed by atoms with Crippen molar-refractivity contribution in [2.45, 2.75) is 25.1 Å². The SMILES string of the molecule is FC(F)(F)c1nc2ccccc2n1C1CN2CCC1CC2. The van der Waals surface area contributed by atoms with Gasteiger partial charge in [-0.25, -0.2) is 4.98 Å². The van der Waals surface area contributed by atoms with Gasteiger partial charge in [-0.05, 0) is 44.0 Å². The fourth-order valence-electron chi connectivity index (χ4n) is 3.81. The summed E-state index contributed by atoms with van der Waals surface area (Å²) >= 11 is 0. The molecule has 3 fully saturated rings. The van der Waals surface area contributed by atoms with E-state index in [1.807, 2.05) is 0 Å². The highest BCUT2D eigenvalue weighted by Crippen LogP contribution is 2.41. The highest BCUT2D eigenvalue weighted by molar-refractivity contribution is 5.76. The molecule has 1 aromatic carbocycles. The molecule has 3 nitrogen and oxygen atoms in total. The van der Waals surface area contributed by atoms with Crippen LogP contribution in [0.5, 0.6) is 0 Å². The van der Waals surface area contributed by atoms with Crippen LogP contribution in [0.15, 0.2) is 24.3 Å². The van der Waals surface area contributed by atoms with Gasteiger partial charge < -0.3 is 9.47 Å². The third-order valence-corrected chi connectivity index (χ3v) is 4.80. The molecule has 3 aliphatic rings. The molecule has 3 aliphatic heterocycles. The van der Waals surface area contributed by atoms with E-state index in [1.165, 1.54) is 4.57 Å². The van der Waals surface area contributed by atoms with Gasteiger partial charge in [0.05, 0.1) is 17.1 Å². The van der Waals surface area contributed by atoms with Gasteiger partial charge in [-0.2, -0.15) is 13.2 Å². The second-order valence-corrected chi connectivity index (χ2v) is 6.00. The smallest absolute Gasteiger partial charge is 0.316 e. The van der Waals surface area contributed by atoms with Crippen LogP contribution in [0.4, 0.5) is 13.2 Å². The van der Waals surface area contributed by atoms with Gasteiger partial charge >= 0.3 is 6.18 Å². The third kappa shape index (κ3) is 2.04. The van der Waals surface area contributed by atoms with E-state index in [-0.39, 0.29) is 6.04 Å². The van der Waals surface area contributed by atoms with E-state index in [0.717, 1.165) is 25.9 Å². The summed E-state index contributed by atoms with van der Waals surface area (Å²) in [4.78, 5) is 6.13. The topological polar surface area (TPSA) is 21.1 Å². The van der Waals surface area contributed by atoms with Crippen molar-refractivity contribution >= 4 is 11.0 Å². The van der Waals surface area contributed by atoms with Gasteiger partial charge in [-0.15, -0.1) is 0 Å². The van der Waals surface area contributed by atoms with Crippen LogP contribution in [0.2, 0.25) is 0 Å². The summed E-state index contributed by atoms with van der Waals surface area (Å²) in [7, 11) is 0. The van der Waals surface area contributed by atoms with Gasteiger partial charge in [-0.3, -0.25) is 0 Å². The maximum atomic E-state index is 13.4. The van der Waals surface area contributed by atoms with E-state index < -0.39 is 12.0 Å². The van der Waals surface area contributed by atoms with Gasteiger partial charge in [0.1, 0.15) is 0 Å². The van der Waals surface area contributed by atoms with E-state index >= 15 is 0 Å². The van der Waals surface area contributed by atoms with E-state index in [9.17, 15) is 13.2 Å². The lowest BCUT2D eigenvalue weighted by Crippen LogP contribution is -2.48. The minimum atomic E-state index is -4.41. The molecule has 2 bridgehead atoms. The van der Waals surface area contributed by atoms with Gasteiger partial charge in [0.2, 0.25) is 5.82 Å². The third-order valence-electron chi connectivity index (χ3n) is 4.80. The first-order valence-electron chi connectivity index (χ1n) is 7.30. The number of aromatic nitrogens is 2. The van der Waals surface area contributed by atoms with Crippen LogP contribution in [-0.2, 0) is 6.18 Å². The summed E-state index contributed by atoms with van der Waals surface area (Å²) in [5.41, 5.74) is 1.03. The summed E-state index contributed by atoms with van der Waals surface area (Å²) < 4.78 is 41.6. The number of hydrogen-bond acceptors (Lipinski definition) is 2. The number of benzene rings is 1. The maximum Gasteiger partial charge on any atom is 0.449 e. The van der Waals surface area contributed by atoms with Crippen LogP contribution in [0, 0.1) is 5.92 Å². The predicted octanol–water partition coefficient (Wildman–Crippen LogP) is 3.32. The number of fused-ring (bicyclic) bond motifs is 4. The number of halogens is 3. The summed E-state index contributed by atoms with van der Waals surface area (Å²) in [6, 6.07) is 6.80. The highest BCUT2D eigenvalue weighted by Gasteiger charge is 2.43. The molecule has 1 aromatic heterocycles. The summed E-state index contributed by atoms with van der Waals surface area (Å²) in [6.45, 7) is 2.72. The van der Waals surface area contributed by atoms with Crippen LogP contribution in [0.3, 0.4) is 0 Å². The van der Waals surface area contributed by atoms with Crippen molar-refractivity contribution in [1.82, 2.24) is 14.5 Å². The fourth-order valence-corrected chi connectivity index (χ4v) is 3.81. The van der Waals surface area contributed by atoms with Gasteiger partial charge in [0.15, 0.2) is 0 Å². The van der Waals surface area contributed by atoms with Crippen LogP contribution in [-0.4, -0.2) is 34.1 Å². The molecular weight excluding hydrogens is 279 g/mol. The highest BCUT2D eigenvalue weighted by atomic mass is 19.4. The molecule has 21 heavy (non-hydrogen) atoms. The molecular formula is C15H16F3N3. The lowest BCUT2D eigenvalue weighted by atomic mass is 9.83. The summed E-state index contributed by atoms with van der Waals surface area (Å²) in [6.07, 6.45) is -2.45. The Bertz CT molecular complexity index is 668. The lowest BCUT2D eigenvalue weighted by molar-refractivity contribution is -0.149. The maximum absolute atomic E-state index is 13.4. The zero-order chi connectivity index (χ0) is 14.6. The average molecular weight is 295 g/mol. The summed E-state index contributed by atoms with van der Waals surface area (Å²) in [5, 5.41) is 0. The first-order chi connectivity index (χ1) is 10.0. The Morgan fingerprint density at radius 3 is 2.43 bits per heavy atom. The average Bonchev–Trinajstić information content (AvgIpc) is 2.88. The Morgan fingerprint density at radius 1 is 1.10 bits per heavy atom. The molecule has 0 N–H and O–H groups in total. The zero-order valence-corrected chi connectivity index (χ0v) is 11.5. The van der Waals surface area contributed by atoms with Gasteiger partial charge in [-0.1, -0.05) is 12.1 Å². The van der Waals surface area contributed by atoms with Crippen LogP contribution in [0.1, 0.15) is 24.7 Å². The standard InChI is InChI=1S/C15H16F3N3/c16-15(17,18)14-19-11-3-1-2-4-12(11)21(14)13-9-20-7-5-10(13)6-8-20/h1-4,10,13H,5-9H2. The van der Waals surface area contributed by atoms with Crippen molar-refractivity contribution in [3.63, 3.8) is 0 Å². The van der Waals surface area contributed by atoms with E-state index in [1.54, 1.807) is 24.3 Å². The largest absolute Gasteiger partial charge is 0.449 e. The van der Waals surface area contributed by atoms with Crippen molar-refractivity contribution in [2.75, 3.05) is 19.6 Å². The Morgan fingerprint density at radius 2 is 1.81 bits per heavy atom. The zero-order valence-electron chi connectivity index (χ0n) is 11.5. The monoisotopic (exact) mass is 295 g/mol. The lowest BCUT2D eigenvalue weighted by Gasteiger charge is -2.45. The number of imidazole rings is 1. The van der Waals surface area contributed by atoms with Crippen LogP contribution < -0.4 is 0 Å². The van der Waals surface area contributed by atoms with E-state index in [0.29, 0.717) is 23.5 Å². The first kappa shape index (κ1) is 13.1. The number of para-hydroxylation sites is 2. The first-order valence-corrected chi connectivity index (χ1v) is 7.30. The normalized spacial score (nSPS) is 29.2. The molecule has 3 saturated heterocycles. The Labute approximate surface area is 120 Å². The summed E-state index contributed by atoms with van der Waals surface area (Å²) in [5.74, 6) is -0.420. The number of alkyl halides is 3. The van der Waals surface area contributed by atoms with E-state index in [2.05, 4.69) is 9.88 Å². The fraction of sp³-hybridized carbons (Fsp3) is 0.533. The minimum Gasteiger partial charge on any atom is -0.316 e. The van der Waals surface area contributed by atoms with Crippen molar-refractivity contribution < 1.29 is 13.2 Å². The molecule has 0 radical (unpaired) electrons. The predicted molar refractivity (Wildman–Crippen MR) is 72.9 cm³/mol. The Hall–Kier alpha value is -1.56. The number of nitrogens with zero attached hydrogens (tertiary/aromatic N) is 3. The molecule has 0 aliphatic carbocycles. The molecule has 1 atom stereocenters. The van der Waals surface area contributed by atoms with Crippen molar-refractivity contribution in [3.05, 3.63) is 30.1 Å². The van der Waals surface area contributed by atoms with Gasteiger partial charge in [0, 0.05) is 6.54 Å². The molecule has 112 valence electrons. The molecule has 0 spiro atoms. The molecule has 2 aromatic rings. The van der Waals surface area contributed by atoms with Crippen molar-refractivity contribution in [2.24, 2.45) is 5.92 Å². The minimum absolute atomic E-state index is 0.114. The molecule has 0 amide bonds. The Kier molecular flexibility index (Phi) is 2.79.